The molecular formula is C21H16F2N4O2S2. The number of nitrogens with zero attached hydrogens (tertiary/aromatic N) is 3. The lowest BCUT2D eigenvalue weighted by Crippen LogP contribution is -2.22. The van der Waals surface area contributed by atoms with Crippen LogP contribution in [0.5, 0.6) is 0 Å². The molecule has 0 saturated heterocycles. The summed E-state index contributed by atoms with van der Waals surface area (Å²) >= 11 is 2.32. The molecule has 0 bridgehead atoms. The predicted octanol–water partition coefficient (Wildman–Crippen LogP) is 5.57. The number of halogens is 2. The van der Waals surface area contributed by atoms with Crippen molar-refractivity contribution < 1.29 is 18.0 Å². The third-order valence-corrected chi connectivity index (χ3v) is 6.07. The van der Waals surface area contributed by atoms with Gasteiger partial charge in [-0.3, -0.25) is 4.79 Å². The van der Waals surface area contributed by atoms with Gasteiger partial charge in [0.05, 0.1) is 10.9 Å². The maximum absolute atomic E-state index is 13.4. The molecule has 0 saturated carbocycles. The third-order valence-electron chi connectivity index (χ3n) is 4.38. The summed E-state index contributed by atoms with van der Waals surface area (Å²) in [5.74, 6) is -1.79. The fourth-order valence-electron chi connectivity index (χ4n) is 2.71. The van der Waals surface area contributed by atoms with Crippen molar-refractivity contribution in [3.8, 4) is 22.7 Å². The Balaban J connectivity index is 1.40. The maximum Gasteiger partial charge on any atom is 0.277 e. The smallest absolute Gasteiger partial charge is 0.277 e. The number of benzene rings is 2. The summed E-state index contributed by atoms with van der Waals surface area (Å²) in [6.45, 7) is 3.66. The molecule has 0 aliphatic rings. The Morgan fingerprint density at radius 3 is 2.74 bits per heavy atom. The summed E-state index contributed by atoms with van der Waals surface area (Å²) < 4.78 is 32.2. The van der Waals surface area contributed by atoms with Crippen LogP contribution in [0.2, 0.25) is 0 Å². The Morgan fingerprint density at radius 1 is 1.16 bits per heavy atom. The van der Waals surface area contributed by atoms with Crippen molar-refractivity contribution in [2.75, 3.05) is 5.32 Å². The van der Waals surface area contributed by atoms with Gasteiger partial charge < -0.3 is 9.73 Å². The number of carbonyl (C=O) groups excluding carboxylic acids is 1. The summed E-state index contributed by atoms with van der Waals surface area (Å²) in [7, 11) is 0. The Kier molecular flexibility index (Phi) is 6.10. The second-order valence-corrected chi connectivity index (χ2v) is 8.75. The highest BCUT2D eigenvalue weighted by Crippen LogP contribution is 2.29. The molecule has 0 aliphatic carbocycles. The molecule has 1 N–H and O–H groups in total. The molecule has 4 rings (SSSR count). The molecule has 10 heteroatoms. The quantitative estimate of drug-likeness (QED) is 0.381. The first-order valence-electron chi connectivity index (χ1n) is 9.18. The van der Waals surface area contributed by atoms with Crippen molar-refractivity contribution in [3.05, 3.63) is 65.0 Å². The van der Waals surface area contributed by atoms with Crippen LogP contribution in [0.25, 0.3) is 22.7 Å². The summed E-state index contributed by atoms with van der Waals surface area (Å²) in [5, 5.41) is 12.5. The number of hydrogen-bond donors (Lipinski definition) is 1. The maximum atomic E-state index is 13.4. The number of aromatic nitrogens is 3. The monoisotopic (exact) mass is 458 g/mol. The Labute approximate surface area is 184 Å². The zero-order valence-electron chi connectivity index (χ0n) is 16.4. The SMILES string of the molecule is Cc1ccccc1-c1nnc(S[C@@H](C)C(=O)Nc2nc(-c3ccc(F)c(F)c3)cs2)o1. The van der Waals surface area contributed by atoms with E-state index in [1.807, 2.05) is 31.2 Å². The Bertz CT molecular complexity index is 1240. The van der Waals surface area contributed by atoms with Crippen molar-refractivity contribution in [1.82, 2.24) is 15.2 Å². The van der Waals surface area contributed by atoms with E-state index in [4.69, 9.17) is 4.42 Å². The first-order valence-corrected chi connectivity index (χ1v) is 10.9. The van der Waals surface area contributed by atoms with Crippen LogP contribution in [0.1, 0.15) is 12.5 Å². The van der Waals surface area contributed by atoms with Crippen LogP contribution in [0.15, 0.2) is 57.5 Å². The highest BCUT2D eigenvalue weighted by Gasteiger charge is 2.20. The number of anilines is 1. The van der Waals surface area contributed by atoms with Gasteiger partial charge in [-0.1, -0.05) is 30.0 Å². The molecule has 6 nitrogen and oxygen atoms in total. The van der Waals surface area contributed by atoms with Crippen molar-refractivity contribution in [2.45, 2.75) is 24.3 Å². The number of thioether (sulfide) groups is 1. The van der Waals surface area contributed by atoms with E-state index < -0.39 is 16.9 Å². The zero-order valence-corrected chi connectivity index (χ0v) is 18.1. The van der Waals surface area contributed by atoms with E-state index in [0.29, 0.717) is 22.3 Å². The third kappa shape index (κ3) is 4.80. The van der Waals surface area contributed by atoms with Crippen LogP contribution in [-0.2, 0) is 4.79 Å². The molecular weight excluding hydrogens is 442 g/mol. The minimum Gasteiger partial charge on any atom is -0.411 e. The summed E-state index contributed by atoms with van der Waals surface area (Å²) in [6.07, 6.45) is 0. The lowest BCUT2D eigenvalue weighted by molar-refractivity contribution is -0.115. The van der Waals surface area contributed by atoms with Crippen LogP contribution in [0, 0.1) is 18.6 Å². The van der Waals surface area contributed by atoms with Crippen molar-refractivity contribution in [1.29, 1.82) is 0 Å². The van der Waals surface area contributed by atoms with E-state index in [0.717, 1.165) is 35.0 Å². The highest BCUT2D eigenvalue weighted by molar-refractivity contribution is 8.00. The van der Waals surface area contributed by atoms with Gasteiger partial charge in [0, 0.05) is 16.5 Å². The zero-order chi connectivity index (χ0) is 22.0. The molecule has 31 heavy (non-hydrogen) atoms. The van der Waals surface area contributed by atoms with E-state index in [9.17, 15) is 13.6 Å². The summed E-state index contributed by atoms with van der Waals surface area (Å²) in [4.78, 5) is 16.8. The number of nitrogens with one attached hydrogen (secondary N) is 1. The fourth-order valence-corrected chi connectivity index (χ4v) is 4.12. The topological polar surface area (TPSA) is 80.9 Å². The number of hydrogen-bond acceptors (Lipinski definition) is 7. The van der Waals surface area contributed by atoms with Gasteiger partial charge in [-0.25, -0.2) is 13.8 Å². The summed E-state index contributed by atoms with van der Waals surface area (Å²) in [5.41, 5.74) is 2.72. The number of aryl methyl sites for hydroxylation is 1. The number of thiazole rings is 1. The molecule has 1 atom stereocenters. The molecule has 0 fully saturated rings. The molecule has 0 aliphatic heterocycles. The van der Waals surface area contributed by atoms with Crippen molar-refractivity contribution in [2.24, 2.45) is 0 Å². The number of carbonyl (C=O) groups is 1. The molecule has 2 aromatic heterocycles. The van der Waals surface area contributed by atoms with Crippen LogP contribution in [-0.4, -0.2) is 26.3 Å². The largest absolute Gasteiger partial charge is 0.411 e. The van der Waals surface area contributed by atoms with Gasteiger partial charge in [0.1, 0.15) is 0 Å². The molecule has 0 unspecified atom stereocenters. The minimum absolute atomic E-state index is 0.280. The van der Waals surface area contributed by atoms with E-state index in [1.165, 1.54) is 17.4 Å². The van der Waals surface area contributed by atoms with E-state index in [1.54, 1.807) is 12.3 Å². The van der Waals surface area contributed by atoms with Crippen LogP contribution < -0.4 is 5.32 Å². The van der Waals surface area contributed by atoms with E-state index in [-0.39, 0.29) is 11.1 Å². The molecule has 0 radical (unpaired) electrons. The van der Waals surface area contributed by atoms with Crippen molar-refractivity contribution >= 4 is 34.1 Å². The molecule has 1 amide bonds. The number of amides is 1. The summed E-state index contributed by atoms with van der Waals surface area (Å²) in [6, 6.07) is 11.2. The molecule has 158 valence electrons. The lowest BCUT2D eigenvalue weighted by atomic mass is 10.1. The Morgan fingerprint density at radius 2 is 1.97 bits per heavy atom. The average molecular weight is 459 g/mol. The second-order valence-electron chi connectivity index (χ2n) is 6.60. The standard InChI is InChI=1S/C21H16F2N4O2S2/c1-11-5-3-4-6-14(11)19-26-27-21(29-19)31-12(2)18(28)25-20-24-17(10-30-20)13-7-8-15(22)16(23)9-13/h3-10,12H,1-2H3,(H,24,25,28)/t12-/m0/s1. The van der Waals surface area contributed by atoms with Crippen LogP contribution >= 0.6 is 23.1 Å². The molecule has 0 spiro atoms. The highest BCUT2D eigenvalue weighted by atomic mass is 32.2. The average Bonchev–Trinajstić information content (AvgIpc) is 3.40. The first kappa shape index (κ1) is 21.1. The normalized spacial score (nSPS) is 12.0. The van der Waals surface area contributed by atoms with Crippen LogP contribution in [0.3, 0.4) is 0 Å². The van der Waals surface area contributed by atoms with Gasteiger partial charge in [-0.2, -0.15) is 0 Å². The van der Waals surface area contributed by atoms with E-state index in [2.05, 4.69) is 20.5 Å². The van der Waals surface area contributed by atoms with Crippen LogP contribution in [0.4, 0.5) is 13.9 Å². The van der Waals surface area contributed by atoms with Gasteiger partial charge in [0.25, 0.3) is 5.22 Å². The van der Waals surface area contributed by atoms with E-state index >= 15 is 0 Å². The Hall–Kier alpha value is -3.11. The predicted molar refractivity (Wildman–Crippen MR) is 116 cm³/mol. The molecule has 2 heterocycles. The van der Waals surface area contributed by atoms with Gasteiger partial charge >= 0.3 is 0 Å². The second kappa shape index (κ2) is 8.94. The van der Waals surface area contributed by atoms with Gasteiger partial charge in [0.2, 0.25) is 11.8 Å². The molecule has 2 aromatic carbocycles. The van der Waals surface area contributed by atoms with Gasteiger partial charge in [-0.05, 0) is 43.7 Å². The fraction of sp³-hybridized carbons (Fsp3) is 0.143. The van der Waals surface area contributed by atoms with Gasteiger partial charge in [-0.15, -0.1) is 21.5 Å². The first-order chi connectivity index (χ1) is 14.9. The minimum atomic E-state index is -0.953. The number of rotatable bonds is 6. The lowest BCUT2D eigenvalue weighted by Gasteiger charge is -2.07. The van der Waals surface area contributed by atoms with Gasteiger partial charge in [0.15, 0.2) is 16.8 Å². The molecule has 4 aromatic rings. The van der Waals surface area contributed by atoms with Crippen molar-refractivity contribution in [3.63, 3.8) is 0 Å².